The van der Waals surface area contributed by atoms with Crippen molar-refractivity contribution in [3.63, 3.8) is 0 Å². The van der Waals surface area contributed by atoms with Crippen molar-refractivity contribution in [3.05, 3.63) is 88.6 Å². The number of carbonyl (C=O) groups is 1. The summed E-state index contributed by atoms with van der Waals surface area (Å²) in [5.41, 5.74) is 1.55. The van der Waals surface area contributed by atoms with Gasteiger partial charge in [-0.1, -0.05) is 29.8 Å². The number of sulfonamides is 1. The quantitative estimate of drug-likeness (QED) is 0.608. The molecular weight excluding hydrogens is 445 g/mol. The van der Waals surface area contributed by atoms with E-state index in [2.05, 4.69) is 9.82 Å². The van der Waals surface area contributed by atoms with Crippen LogP contribution >= 0.6 is 11.6 Å². The molecule has 10 heteroatoms. The molecular formula is C21H17ClFN3O4S. The summed E-state index contributed by atoms with van der Waals surface area (Å²) in [6.45, 7) is 0. The first-order valence-electron chi connectivity index (χ1n) is 9.19. The van der Waals surface area contributed by atoms with Gasteiger partial charge in [0.2, 0.25) is 10.0 Å². The van der Waals surface area contributed by atoms with E-state index in [1.165, 1.54) is 24.5 Å². The molecule has 2 heterocycles. The summed E-state index contributed by atoms with van der Waals surface area (Å²) in [5, 5.41) is 5.75. The minimum absolute atomic E-state index is 0.0509. The van der Waals surface area contributed by atoms with Gasteiger partial charge >= 0.3 is 5.91 Å². The highest BCUT2D eigenvalue weighted by molar-refractivity contribution is 7.92. The van der Waals surface area contributed by atoms with E-state index in [1.807, 2.05) is 0 Å². The second-order valence-electron chi connectivity index (χ2n) is 6.98. The third-order valence-electron chi connectivity index (χ3n) is 4.68. The normalized spacial score (nSPS) is 16.3. The number of nitrogens with zero attached hydrogens (tertiary/aromatic N) is 2. The lowest BCUT2D eigenvalue weighted by molar-refractivity contribution is 0.0676. The molecule has 1 N–H and O–H groups in total. The third kappa shape index (κ3) is 4.47. The van der Waals surface area contributed by atoms with Crippen LogP contribution in [0.4, 0.5) is 10.1 Å². The van der Waals surface area contributed by atoms with Gasteiger partial charge in [0.25, 0.3) is 0 Å². The topological polar surface area (TPSA) is 92.0 Å². The monoisotopic (exact) mass is 461 g/mol. The highest BCUT2D eigenvalue weighted by Crippen LogP contribution is 2.38. The number of benzene rings is 2. The van der Waals surface area contributed by atoms with Crippen LogP contribution in [0.1, 0.15) is 34.1 Å². The van der Waals surface area contributed by atoms with Crippen LogP contribution in [0, 0.1) is 5.82 Å². The number of nitrogens with one attached hydrogen (secondary N) is 1. The van der Waals surface area contributed by atoms with E-state index < -0.39 is 27.8 Å². The standard InChI is InChI=1S/C21H17ClFN3O4S/c1-31(28,29)25-14-6-2-5-13(11-14)17-12-18(20-15(22)7-3-8-16(20)23)26(24-17)21(27)19-9-4-10-30-19/h2-11,18,25H,12H2,1H3/t18-/m0/s1. The minimum atomic E-state index is -3.47. The molecule has 0 saturated carbocycles. The van der Waals surface area contributed by atoms with Gasteiger partial charge in [0.1, 0.15) is 5.82 Å². The second kappa shape index (κ2) is 8.16. The maximum absolute atomic E-state index is 14.7. The van der Waals surface area contributed by atoms with Gasteiger partial charge in [0, 0.05) is 22.7 Å². The molecule has 1 aliphatic heterocycles. The molecule has 1 amide bonds. The Balaban J connectivity index is 1.76. The zero-order chi connectivity index (χ0) is 22.2. The molecule has 4 rings (SSSR count). The number of anilines is 1. The fourth-order valence-corrected chi connectivity index (χ4v) is 4.26. The lowest BCUT2D eigenvalue weighted by Crippen LogP contribution is -2.27. The number of hydrogen-bond donors (Lipinski definition) is 1. The molecule has 2 aromatic carbocycles. The number of rotatable bonds is 5. The van der Waals surface area contributed by atoms with Crippen LogP contribution in [0.5, 0.6) is 0 Å². The molecule has 7 nitrogen and oxygen atoms in total. The summed E-state index contributed by atoms with van der Waals surface area (Å²) in [5.74, 6) is -1.05. The lowest BCUT2D eigenvalue weighted by atomic mass is 9.97. The molecule has 3 aromatic rings. The molecule has 1 atom stereocenters. The lowest BCUT2D eigenvalue weighted by Gasteiger charge is -2.22. The van der Waals surface area contributed by atoms with Crippen LogP contribution in [0.3, 0.4) is 0 Å². The summed E-state index contributed by atoms with van der Waals surface area (Å²) in [4.78, 5) is 13.0. The van der Waals surface area contributed by atoms with E-state index in [0.29, 0.717) is 17.0 Å². The van der Waals surface area contributed by atoms with Gasteiger partial charge in [0.15, 0.2) is 5.76 Å². The summed E-state index contributed by atoms with van der Waals surface area (Å²) in [6, 6.07) is 13.1. The number of hydrogen-bond acceptors (Lipinski definition) is 5. The Bertz CT molecular complexity index is 1260. The first-order chi connectivity index (χ1) is 14.7. The number of carbonyl (C=O) groups excluding carboxylic acids is 1. The predicted octanol–water partition coefficient (Wildman–Crippen LogP) is 4.44. The van der Waals surface area contributed by atoms with Gasteiger partial charge < -0.3 is 4.42 Å². The van der Waals surface area contributed by atoms with Gasteiger partial charge in [-0.2, -0.15) is 5.10 Å². The van der Waals surface area contributed by atoms with Gasteiger partial charge in [-0.3, -0.25) is 9.52 Å². The number of halogens is 2. The molecule has 0 unspecified atom stereocenters. The van der Waals surface area contributed by atoms with E-state index in [-0.39, 0.29) is 22.8 Å². The van der Waals surface area contributed by atoms with E-state index in [9.17, 15) is 17.6 Å². The van der Waals surface area contributed by atoms with Crippen LogP contribution in [0.2, 0.25) is 5.02 Å². The third-order valence-corrected chi connectivity index (χ3v) is 5.62. The zero-order valence-corrected chi connectivity index (χ0v) is 17.8. The molecule has 31 heavy (non-hydrogen) atoms. The molecule has 0 saturated heterocycles. The zero-order valence-electron chi connectivity index (χ0n) is 16.2. The average Bonchev–Trinajstić information content (AvgIpc) is 3.37. The van der Waals surface area contributed by atoms with E-state index in [4.69, 9.17) is 16.0 Å². The maximum Gasteiger partial charge on any atom is 0.310 e. The van der Waals surface area contributed by atoms with E-state index >= 15 is 0 Å². The molecule has 0 bridgehead atoms. The van der Waals surface area contributed by atoms with Gasteiger partial charge in [0.05, 0.1) is 24.3 Å². The van der Waals surface area contributed by atoms with Crippen molar-refractivity contribution in [2.45, 2.75) is 12.5 Å². The van der Waals surface area contributed by atoms with Crippen molar-refractivity contribution >= 4 is 38.9 Å². The van der Waals surface area contributed by atoms with Crippen molar-refractivity contribution in [2.75, 3.05) is 11.0 Å². The first kappa shape index (κ1) is 21.1. The molecule has 1 aromatic heterocycles. The number of furan rings is 1. The fraction of sp³-hybridized carbons (Fsp3) is 0.143. The summed E-state index contributed by atoms with van der Waals surface area (Å²) >= 11 is 6.27. The molecule has 0 spiro atoms. The molecule has 160 valence electrons. The van der Waals surface area contributed by atoms with E-state index in [1.54, 1.807) is 36.4 Å². The van der Waals surface area contributed by atoms with Crippen LogP contribution in [0.15, 0.2) is 70.4 Å². The first-order valence-corrected chi connectivity index (χ1v) is 11.5. The van der Waals surface area contributed by atoms with Crippen LogP contribution < -0.4 is 4.72 Å². The molecule has 0 aliphatic carbocycles. The predicted molar refractivity (Wildman–Crippen MR) is 115 cm³/mol. The Morgan fingerprint density at radius 3 is 2.68 bits per heavy atom. The van der Waals surface area contributed by atoms with Crippen molar-refractivity contribution < 1.29 is 22.0 Å². The molecule has 0 fully saturated rings. The summed E-state index contributed by atoms with van der Waals surface area (Å²) in [6.07, 6.45) is 2.58. The summed E-state index contributed by atoms with van der Waals surface area (Å²) < 4.78 is 45.4. The second-order valence-corrected chi connectivity index (χ2v) is 9.14. The Kier molecular flexibility index (Phi) is 5.55. The van der Waals surface area contributed by atoms with Crippen LogP contribution in [-0.2, 0) is 10.0 Å². The van der Waals surface area contributed by atoms with Crippen molar-refractivity contribution in [1.29, 1.82) is 0 Å². The maximum atomic E-state index is 14.7. The summed E-state index contributed by atoms with van der Waals surface area (Å²) in [7, 11) is -3.47. The Morgan fingerprint density at radius 2 is 2.00 bits per heavy atom. The number of amides is 1. The largest absolute Gasteiger partial charge is 0.459 e. The fourth-order valence-electron chi connectivity index (χ4n) is 3.42. The minimum Gasteiger partial charge on any atom is -0.459 e. The molecule has 0 radical (unpaired) electrons. The SMILES string of the molecule is CS(=O)(=O)Nc1cccc(C2=NN(C(=O)c3ccco3)[C@H](c3c(F)cccc3Cl)C2)c1. The Hall–Kier alpha value is -3.17. The van der Waals surface area contributed by atoms with Crippen LogP contribution in [-0.4, -0.2) is 31.3 Å². The molecule has 1 aliphatic rings. The van der Waals surface area contributed by atoms with Crippen LogP contribution in [0.25, 0.3) is 0 Å². The van der Waals surface area contributed by atoms with Crippen molar-refractivity contribution in [2.24, 2.45) is 5.10 Å². The van der Waals surface area contributed by atoms with E-state index in [0.717, 1.165) is 11.3 Å². The highest BCUT2D eigenvalue weighted by atomic mass is 35.5. The average molecular weight is 462 g/mol. The Morgan fingerprint density at radius 1 is 1.23 bits per heavy atom. The highest BCUT2D eigenvalue weighted by Gasteiger charge is 2.37. The smallest absolute Gasteiger partial charge is 0.310 e. The van der Waals surface area contributed by atoms with Gasteiger partial charge in [-0.25, -0.2) is 17.8 Å². The Labute approximate surface area is 183 Å². The van der Waals surface area contributed by atoms with Crippen molar-refractivity contribution in [3.8, 4) is 0 Å². The van der Waals surface area contributed by atoms with Gasteiger partial charge in [-0.15, -0.1) is 0 Å². The van der Waals surface area contributed by atoms with Crippen molar-refractivity contribution in [1.82, 2.24) is 5.01 Å². The number of hydrazone groups is 1. The van der Waals surface area contributed by atoms with Gasteiger partial charge in [-0.05, 0) is 42.0 Å².